The number of rotatable bonds is 6. The summed E-state index contributed by atoms with van der Waals surface area (Å²) in [7, 11) is 1.60. The fraction of sp³-hybridized carbons (Fsp3) is 0.529. The predicted octanol–water partition coefficient (Wildman–Crippen LogP) is 1.75. The molecule has 0 radical (unpaired) electrons. The number of ether oxygens (including phenoxy) is 1. The van der Waals surface area contributed by atoms with E-state index in [-0.39, 0.29) is 30.2 Å². The van der Waals surface area contributed by atoms with Gasteiger partial charge in [0.2, 0.25) is 11.8 Å². The zero-order valence-electron chi connectivity index (χ0n) is 13.5. The number of anilines is 1. The van der Waals surface area contributed by atoms with E-state index < -0.39 is 0 Å². The highest BCUT2D eigenvalue weighted by atomic mass is 16.5. The molecule has 120 valence electrons. The Kier molecular flexibility index (Phi) is 5.55. The zero-order chi connectivity index (χ0) is 16.1. The molecule has 2 amide bonds. The minimum Gasteiger partial charge on any atom is -0.383 e. The van der Waals surface area contributed by atoms with Gasteiger partial charge in [-0.2, -0.15) is 0 Å². The first-order chi connectivity index (χ1) is 10.6. The van der Waals surface area contributed by atoms with Crippen molar-refractivity contribution in [3.63, 3.8) is 0 Å². The number of amides is 2. The van der Waals surface area contributed by atoms with E-state index in [0.717, 1.165) is 17.7 Å². The molecule has 0 aromatic heterocycles. The van der Waals surface area contributed by atoms with Crippen molar-refractivity contribution in [2.45, 2.75) is 32.7 Å². The Morgan fingerprint density at radius 3 is 2.86 bits per heavy atom. The van der Waals surface area contributed by atoms with Crippen LogP contribution in [0.1, 0.15) is 25.8 Å². The molecule has 1 heterocycles. The Morgan fingerprint density at radius 1 is 1.45 bits per heavy atom. The van der Waals surface area contributed by atoms with Gasteiger partial charge in [-0.15, -0.1) is 0 Å². The van der Waals surface area contributed by atoms with Gasteiger partial charge < -0.3 is 15.0 Å². The molecule has 1 aliphatic rings. The lowest BCUT2D eigenvalue weighted by Gasteiger charge is -2.20. The van der Waals surface area contributed by atoms with E-state index in [1.807, 2.05) is 31.2 Å². The van der Waals surface area contributed by atoms with Crippen LogP contribution in [0.25, 0.3) is 0 Å². The normalized spacial score (nSPS) is 19.3. The number of nitrogens with one attached hydrogen (secondary N) is 1. The average Bonchev–Trinajstić information content (AvgIpc) is 2.89. The predicted molar refractivity (Wildman–Crippen MR) is 85.8 cm³/mol. The van der Waals surface area contributed by atoms with E-state index in [2.05, 4.69) is 12.2 Å². The highest BCUT2D eigenvalue weighted by molar-refractivity contribution is 6.00. The third-order valence-electron chi connectivity index (χ3n) is 3.96. The number of hydrogen-bond donors (Lipinski definition) is 1. The van der Waals surface area contributed by atoms with Gasteiger partial charge in [0, 0.05) is 31.8 Å². The van der Waals surface area contributed by atoms with Gasteiger partial charge in [-0.1, -0.05) is 25.1 Å². The molecule has 2 atom stereocenters. The second-order valence-electron chi connectivity index (χ2n) is 5.75. The molecular weight excluding hydrogens is 280 g/mol. The molecule has 2 rings (SSSR count). The smallest absolute Gasteiger partial charge is 0.227 e. The number of carbonyl (C=O) groups excluding carboxylic acids is 2. The van der Waals surface area contributed by atoms with Crippen molar-refractivity contribution in [2.24, 2.45) is 5.92 Å². The fourth-order valence-electron chi connectivity index (χ4n) is 2.84. The lowest BCUT2D eigenvalue weighted by Crippen LogP contribution is -2.40. The highest BCUT2D eigenvalue weighted by Gasteiger charge is 2.36. The van der Waals surface area contributed by atoms with Gasteiger partial charge >= 0.3 is 0 Å². The van der Waals surface area contributed by atoms with Crippen LogP contribution in [-0.4, -0.2) is 38.1 Å². The third-order valence-corrected chi connectivity index (χ3v) is 3.96. The molecule has 2 unspecified atom stereocenters. The summed E-state index contributed by atoms with van der Waals surface area (Å²) in [6.07, 6.45) is 1.13. The molecule has 0 bridgehead atoms. The minimum atomic E-state index is -0.295. The molecule has 1 aromatic rings. The van der Waals surface area contributed by atoms with Crippen LogP contribution in [-0.2, 0) is 20.7 Å². The standard InChI is InChI=1S/C17H24N2O3/c1-4-13-7-5-6-8-15(13)19-10-14(9-16(19)20)17(21)18-12(2)11-22-3/h5-8,12,14H,4,9-11H2,1-3H3,(H,18,21). The van der Waals surface area contributed by atoms with Crippen LogP contribution in [0.3, 0.4) is 0 Å². The van der Waals surface area contributed by atoms with Crippen molar-refractivity contribution in [3.8, 4) is 0 Å². The second-order valence-corrected chi connectivity index (χ2v) is 5.75. The summed E-state index contributed by atoms with van der Waals surface area (Å²) < 4.78 is 5.02. The summed E-state index contributed by atoms with van der Waals surface area (Å²) in [6, 6.07) is 7.82. The van der Waals surface area contributed by atoms with Crippen LogP contribution < -0.4 is 10.2 Å². The molecule has 1 N–H and O–H groups in total. The first kappa shape index (κ1) is 16.5. The molecular formula is C17H24N2O3. The topological polar surface area (TPSA) is 58.6 Å². The Bertz CT molecular complexity index is 544. The first-order valence-corrected chi connectivity index (χ1v) is 7.74. The monoisotopic (exact) mass is 304 g/mol. The van der Waals surface area contributed by atoms with Crippen LogP contribution in [0, 0.1) is 5.92 Å². The van der Waals surface area contributed by atoms with Gasteiger partial charge in [0.15, 0.2) is 0 Å². The van der Waals surface area contributed by atoms with Crippen molar-refractivity contribution < 1.29 is 14.3 Å². The number of nitrogens with zero attached hydrogens (tertiary/aromatic N) is 1. The second kappa shape index (κ2) is 7.40. The Morgan fingerprint density at radius 2 is 2.18 bits per heavy atom. The minimum absolute atomic E-state index is 0.0143. The van der Waals surface area contributed by atoms with E-state index >= 15 is 0 Å². The van der Waals surface area contributed by atoms with Crippen LogP contribution in [0.2, 0.25) is 0 Å². The van der Waals surface area contributed by atoms with Gasteiger partial charge in [0.1, 0.15) is 0 Å². The Hall–Kier alpha value is -1.88. The Labute approximate surface area is 131 Å². The molecule has 5 nitrogen and oxygen atoms in total. The Balaban J connectivity index is 2.06. The third kappa shape index (κ3) is 3.65. The van der Waals surface area contributed by atoms with Crippen LogP contribution in [0.4, 0.5) is 5.69 Å². The number of carbonyl (C=O) groups is 2. The molecule has 0 aliphatic carbocycles. The molecule has 0 spiro atoms. The van der Waals surface area contributed by atoms with Crippen molar-refractivity contribution in [2.75, 3.05) is 25.2 Å². The van der Waals surface area contributed by atoms with Crippen molar-refractivity contribution in [1.82, 2.24) is 5.32 Å². The summed E-state index contributed by atoms with van der Waals surface area (Å²) >= 11 is 0. The highest BCUT2D eigenvalue weighted by Crippen LogP contribution is 2.28. The number of para-hydroxylation sites is 1. The first-order valence-electron chi connectivity index (χ1n) is 7.74. The number of methoxy groups -OCH3 is 1. The van der Waals surface area contributed by atoms with Crippen LogP contribution in [0.5, 0.6) is 0 Å². The van der Waals surface area contributed by atoms with Crippen molar-refractivity contribution >= 4 is 17.5 Å². The van der Waals surface area contributed by atoms with Gasteiger partial charge in [0.05, 0.1) is 12.5 Å². The lowest BCUT2D eigenvalue weighted by atomic mass is 10.1. The van der Waals surface area contributed by atoms with Gasteiger partial charge in [-0.3, -0.25) is 9.59 Å². The maximum atomic E-state index is 12.3. The largest absolute Gasteiger partial charge is 0.383 e. The summed E-state index contributed by atoms with van der Waals surface area (Å²) in [5, 5.41) is 2.90. The van der Waals surface area contributed by atoms with E-state index in [4.69, 9.17) is 4.74 Å². The summed E-state index contributed by atoms with van der Waals surface area (Å²) in [5.41, 5.74) is 2.06. The maximum Gasteiger partial charge on any atom is 0.227 e. The average molecular weight is 304 g/mol. The molecule has 1 saturated heterocycles. The molecule has 5 heteroatoms. The maximum absolute atomic E-state index is 12.3. The van der Waals surface area contributed by atoms with E-state index in [1.54, 1.807) is 12.0 Å². The van der Waals surface area contributed by atoms with Crippen LogP contribution >= 0.6 is 0 Å². The number of hydrogen-bond acceptors (Lipinski definition) is 3. The molecule has 1 aromatic carbocycles. The quantitative estimate of drug-likeness (QED) is 0.871. The SMILES string of the molecule is CCc1ccccc1N1CC(C(=O)NC(C)COC)CC1=O. The summed E-state index contributed by atoms with van der Waals surface area (Å²) in [5.74, 6) is -0.355. The summed E-state index contributed by atoms with van der Waals surface area (Å²) in [6.45, 7) is 4.87. The fourth-order valence-corrected chi connectivity index (χ4v) is 2.84. The van der Waals surface area contributed by atoms with Gasteiger partial charge in [-0.05, 0) is 25.0 Å². The number of aryl methyl sites for hydroxylation is 1. The van der Waals surface area contributed by atoms with Crippen molar-refractivity contribution in [3.05, 3.63) is 29.8 Å². The van der Waals surface area contributed by atoms with E-state index in [9.17, 15) is 9.59 Å². The van der Waals surface area contributed by atoms with Crippen LogP contribution in [0.15, 0.2) is 24.3 Å². The lowest BCUT2D eigenvalue weighted by molar-refractivity contribution is -0.127. The molecule has 22 heavy (non-hydrogen) atoms. The molecule has 1 fully saturated rings. The van der Waals surface area contributed by atoms with E-state index in [1.165, 1.54) is 0 Å². The van der Waals surface area contributed by atoms with Crippen molar-refractivity contribution in [1.29, 1.82) is 0 Å². The molecule has 0 saturated carbocycles. The molecule has 1 aliphatic heterocycles. The zero-order valence-corrected chi connectivity index (χ0v) is 13.5. The van der Waals surface area contributed by atoms with Gasteiger partial charge in [-0.25, -0.2) is 0 Å². The van der Waals surface area contributed by atoms with Gasteiger partial charge in [0.25, 0.3) is 0 Å². The van der Waals surface area contributed by atoms with E-state index in [0.29, 0.717) is 13.2 Å². The number of benzene rings is 1. The summed E-state index contributed by atoms with van der Waals surface area (Å²) in [4.78, 5) is 26.3.